The van der Waals surface area contributed by atoms with Crippen molar-refractivity contribution in [3.63, 3.8) is 0 Å². The summed E-state index contributed by atoms with van der Waals surface area (Å²) >= 11 is 0. The van der Waals surface area contributed by atoms with Gasteiger partial charge in [0.05, 0.1) is 10.8 Å². The van der Waals surface area contributed by atoms with Gasteiger partial charge in [-0.2, -0.15) is 4.31 Å². The second-order valence-electron chi connectivity index (χ2n) is 5.01. The molecule has 0 aromatic heterocycles. The van der Waals surface area contributed by atoms with E-state index in [1.54, 1.807) is 38.1 Å². The van der Waals surface area contributed by atoms with Crippen molar-refractivity contribution in [3.05, 3.63) is 29.8 Å². The van der Waals surface area contributed by atoms with Gasteiger partial charge in [-0.1, -0.05) is 25.1 Å². The molecule has 1 fully saturated rings. The summed E-state index contributed by atoms with van der Waals surface area (Å²) in [5.41, 5.74) is 0.675. The lowest BCUT2D eigenvalue weighted by Crippen LogP contribution is -2.30. The molecule has 1 aromatic carbocycles. The van der Waals surface area contributed by atoms with Crippen molar-refractivity contribution in [2.75, 3.05) is 13.1 Å². The molecule has 1 aliphatic heterocycles. The van der Waals surface area contributed by atoms with Crippen molar-refractivity contribution in [2.45, 2.75) is 18.7 Å². The van der Waals surface area contributed by atoms with E-state index in [0.29, 0.717) is 5.56 Å². The number of nitrogens with zero attached hydrogens (tertiary/aromatic N) is 1. The number of carboxylic acid groups (broad SMARTS) is 1. The van der Waals surface area contributed by atoms with E-state index in [4.69, 9.17) is 5.11 Å². The van der Waals surface area contributed by atoms with Gasteiger partial charge in [-0.3, -0.25) is 4.79 Å². The molecule has 0 spiro atoms. The smallest absolute Gasteiger partial charge is 0.308 e. The topological polar surface area (TPSA) is 74.7 Å². The van der Waals surface area contributed by atoms with Gasteiger partial charge in [0, 0.05) is 13.1 Å². The highest BCUT2D eigenvalue weighted by atomic mass is 32.2. The van der Waals surface area contributed by atoms with E-state index < -0.39 is 21.9 Å². The van der Waals surface area contributed by atoms with Gasteiger partial charge >= 0.3 is 5.97 Å². The third-order valence-corrected chi connectivity index (χ3v) is 5.60. The molecule has 0 amide bonds. The van der Waals surface area contributed by atoms with E-state index in [2.05, 4.69) is 0 Å². The summed E-state index contributed by atoms with van der Waals surface area (Å²) in [6.07, 6.45) is 0. The van der Waals surface area contributed by atoms with Crippen molar-refractivity contribution >= 4 is 16.0 Å². The zero-order valence-corrected chi connectivity index (χ0v) is 11.7. The quantitative estimate of drug-likeness (QED) is 0.908. The first-order valence-electron chi connectivity index (χ1n) is 6.12. The molecule has 5 nitrogen and oxygen atoms in total. The number of hydrogen-bond donors (Lipinski definition) is 1. The summed E-state index contributed by atoms with van der Waals surface area (Å²) < 4.78 is 26.3. The van der Waals surface area contributed by atoms with Crippen molar-refractivity contribution in [1.29, 1.82) is 0 Å². The molecule has 6 heteroatoms. The van der Waals surface area contributed by atoms with Crippen LogP contribution in [0.2, 0.25) is 0 Å². The monoisotopic (exact) mass is 283 g/mol. The van der Waals surface area contributed by atoms with Crippen molar-refractivity contribution in [1.82, 2.24) is 4.31 Å². The fraction of sp³-hybridized carbons (Fsp3) is 0.462. The number of aliphatic carboxylic acids is 1. The van der Waals surface area contributed by atoms with Crippen LogP contribution in [-0.2, 0) is 14.8 Å². The predicted octanol–water partition coefficient (Wildman–Crippen LogP) is 1.34. The number of carboxylic acids is 1. The van der Waals surface area contributed by atoms with Gasteiger partial charge in [-0.25, -0.2) is 8.42 Å². The number of benzene rings is 1. The molecule has 1 aromatic rings. The summed E-state index contributed by atoms with van der Waals surface area (Å²) in [5, 5.41) is 9.07. The first-order chi connectivity index (χ1) is 8.84. The summed E-state index contributed by atoms with van der Waals surface area (Å²) in [6.45, 7) is 3.81. The van der Waals surface area contributed by atoms with Crippen LogP contribution < -0.4 is 0 Å². The van der Waals surface area contributed by atoms with Crippen LogP contribution in [0.3, 0.4) is 0 Å². The zero-order chi connectivity index (χ0) is 14.2. The molecule has 0 saturated carbocycles. The van der Waals surface area contributed by atoms with Crippen LogP contribution in [0.5, 0.6) is 0 Å². The van der Waals surface area contributed by atoms with E-state index in [-0.39, 0.29) is 23.9 Å². The van der Waals surface area contributed by atoms with E-state index in [1.807, 2.05) is 0 Å². The van der Waals surface area contributed by atoms with Gasteiger partial charge in [0.15, 0.2) is 0 Å². The van der Waals surface area contributed by atoms with Gasteiger partial charge in [-0.15, -0.1) is 0 Å². The van der Waals surface area contributed by atoms with E-state index >= 15 is 0 Å². The molecule has 1 heterocycles. The van der Waals surface area contributed by atoms with Gasteiger partial charge in [0.1, 0.15) is 0 Å². The number of sulfonamides is 1. The number of aryl methyl sites for hydroxylation is 1. The van der Waals surface area contributed by atoms with Gasteiger partial charge < -0.3 is 5.11 Å². The average Bonchev–Trinajstić information content (AvgIpc) is 2.72. The Morgan fingerprint density at radius 2 is 1.95 bits per heavy atom. The summed E-state index contributed by atoms with van der Waals surface area (Å²) in [7, 11) is -3.60. The van der Waals surface area contributed by atoms with Gasteiger partial charge in [0.2, 0.25) is 10.0 Å². The lowest BCUT2D eigenvalue weighted by atomic mass is 9.99. The molecular weight excluding hydrogens is 266 g/mol. The minimum absolute atomic E-state index is 0.0488. The van der Waals surface area contributed by atoms with E-state index in [9.17, 15) is 13.2 Å². The minimum atomic E-state index is -3.60. The Labute approximate surface area is 112 Å². The van der Waals surface area contributed by atoms with Gasteiger partial charge in [-0.05, 0) is 24.5 Å². The zero-order valence-electron chi connectivity index (χ0n) is 10.9. The third kappa shape index (κ3) is 2.50. The number of rotatable bonds is 3. The number of carbonyl (C=O) groups is 1. The SMILES string of the molecule is Cc1ccccc1S(=O)(=O)N1C[C@@H](C)[C@H](C(=O)O)C1. The average molecular weight is 283 g/mol. The Morgan fingerprint density at radius 1 is 1.32 bits per heavy atom. The first-order valence-corrected chi connectivity index (χ1v) is 7.56. The lowest BCUT2D eigenvalue weighted by molar-refractivity contribution is -0.142. The molecule has 0 bridgehead atoms. The van der Waals surface area contributed by atoms with Crippen LogP contribution in [0.4, 0.5) is 0 Å². The van der Waals surface area contributed by atoms with Crippen LogP contribution in [0.25, 0.3) is 0 Å². The van der Waals surface area contributed by atoms with E-state index in [1.165, 1.54) is 4.31 Å². The molecule has 1 aliphatic rings. The second kappa shape index (κ2) is 4.94. The van der Waals surface area contributed by atoms with Crippen LogP contribution in [0, 0.1) is 18.8 Å². The second-order valence-corrected chi connectivity index (χ2v) is 6.92. The van der Waals surface area contributed by atoms with Crippen LogP contribution in [-0.4, -0.2) is 36.9 Å². The highest BCUT2D eigenvalue weighted by Crippen LogP contribution is 2.29. The van der Waals surface area contributed by atoms with Gasteiger partial charge in [0.25, 0.3) is 0 Å². The van der Waals surface area contributed by atoms with Crippen molar-refractivity contribution in [2.24, 2.45) is 11.8 Å². The molecule has 0 unspecified atom stereocenters. The van der Waals surface area contributed by atoms with Crippen molar-refractivity contribution in [3.8, 4) is 0 Å². The largest absolute Gasteiger partial charge is 0.481 e. The lowest BCUT2D eigenvalue weighted by Gasteiger charge is -2.17. The van der Waals surface area contributed by atoms with Crippen molar-refractivity contribution < 1.29 is 18.3 Å². The molecule has 1 saturated heterocycles. The number of hydrogen-bond acceptors (Lipinski definition) is 3. The molecule has 1 N–H and O–H groups in total. The maximum absolute atomic E-state index is 12.5. The maximum Gasteiger partial charge on any atom is 0.308 e. The Kier molecular flexibility index (Phi) is 3.64. The third-order valence-electron chi connectivity index (χ3n) is 3.61. The molecule has 2 rings (SSSR count). The Hall–Kier alpha value is -1.40. The fourth-order valence-corrected chi connectivity index (χ4v) is 4.22. The highest BCUT2D eigenvalue weighted by Gasteiger charge is 2.40. The molecule has 0 radical (unpaired) electrons. The molecule has 0 aliphatic carbocycles. The Balaban J connectivity index is 2.33. The first kappa shape index (κ1) is 14.0. The minimum Gasteiger partial charge on any atom is -0.481 e. The van der Waals surface area contributed by atoms with Crippen LogP contribution in [0.15, 0.2) is 29.2 Å². The normalized spacial score (nSPS) is 24.5. The Morgan fingerprint density at radius 3 is 2.47 bits per heavy atom. The fourth-order valence-electron chi connectivity index (χ4n) is 2.42. The molecular formula is C13H17NO4S. The Bertz CT molecular complexity index is 596. The van der Waals surface area contributed by atoms with E-state index in [0.717, 1.165) is 0 Å². The maximum atomic E-state index is 12.5. The summed E-state index contributed by atoms with van der Waals surface area (Å²) in [5.74, 6) is -1.73. The summed E-state index contributed by atoms with van der Waals surface area (Å²) in [4.78, 5) is 11.3. The molecule has 2 atom stereocenters. The molecule has 19 heavy (non-hydrogen) atoms. The standard InChI is InChI=1S/C13H17NO4S/c1-9-5-3-4-6-12(9)19(17,18)14-7-10(2)11(8-14)13(15)16/h3-6,10-11H,7-8H2,1-2H3,(H,15,16)/t10-,11-/m1/s1. The molecule has 104 valence electrons. The summed E-state index contributed by atoms with van der Waals surface area (Å²) in [6, 6.07) is 6.75. The highest BCUT2D eigenvalue weighted by molar-refractivity contribution is 7.89. The van der Waals surface area contributed by atoms with Crippen LogP contribution >= 0.6 is 0 Å². The predicted molar refractivity (Wildman–Crippen MR) is 70.2 cm³/mol. The van der Waals surface area contributed by atoms with Crippen LogP contribution in [0.1, 0.15) is 12.5 Å².